The molecule has 4 saturated carbocycles. The van der Waals surface area contributed by atoms with Gasteiger partial charge in [0.15, 0.2) is 3.01 Å². The molecule has 4 fully saturated rings. The van der Waals surface area contributed by atoms with Crippen molar-refractivity contribution in [2.24, 2.45) is 16.7 Å². The first-order valence-corrected chi connectivity index (χ1v) is 8.80. The fraction of sp³-hybridized carbons (Fsp3) is 0.857. The Labute approximate surface area is 126 Å². The van der Waals surface area contributed by atoms with Crippen molar-refractivity contribution in [1.82, 2.24) is 10.2 Å². The third-order valence-electron chi connectivity index (χ3n) is 5.48. The van der Waals surface area contributed by atoms with Gasteiger partial charge in [-0.05, 0) is 77.9 Å². The van der Waals surface area contributed by atoms with Crippen molar-refractivity contribution in [2.75, 3.05) is 0 Å². The molecule has 1 heterocycles. The molecule has 2 atom stereocenters. The zero-order chi connectivity index (χ0) is 12.6. The van der Waals surface area contributed by atoms with Crippen molar-refractivity contribution < 1.29 is 0 Å². The SMILES string of the molecule is CC12CC3CC(C)(C1)CC(c1nnc(I)s1)(C3)C2. The Bertz CT molecular complexity index is 494. The van der Waals surface area contributed by atoms with Crippen LogP contribution in [0.25, 0.3) is 0 Å². The average molecular weight is 374 g/mol. The van der Waals surface area contributed by atoms with Gasteiger partial charge in [0.05, 0.1) is 0 Å². The number of nitrogens with zero attached hydrogens (tertiary/aromatic N) is 2. The van der Waals surface area contributed by atoms with E-state index in [9.17, 15) is 0 Å². The molecule has 5 rings (SSSR count). The Kier molecular flexibility index (Phi) is 2.33. The van der Waals surface area contributed by atoms with Crippen LogP contribution in [-0.4, -0.2) is 10.2 Å². The van der Waals surface area contributed by atoms with Crippen LogP contribution in [-0.2, 0) is 5.41 Å². The molecular weight excluding hydrogens is 355 g/mol. The fourth-order valence-corrected chi connectivity index (χ4v) is 7.61. The quantitative estimate of drug-likeness (QED) is 0.682. The van der Waals surface area contributed by atoms with Crippen molar-refractivity contribution in [3.8, 4) is 0 Å². The summed E-state index contributed by atoms with van der Waals surface area (Å²) in [6.45, 7) is 5.05. The van der Waals surface area contributed by atoms with Crippen LogP contribution in [0.3, 0.4) is 0 Å². The minimum Gasteiger partial charge on any atom is -0.142 e. The molecule has 4 heteroatoms. The Hall–Kier alpha value is 0.290. The Morgan fingerprint density at radius 3 is 2.22 bits per heavy atom. The number of rotatable bonds is 1. The van der Waals surface area contributed by atoms with Crippen LogP contribution in [0.5, 0.6) is 0 Å². The zero-order valence-electron chi connectivity index (χ0n) is 11.0. The standard InChI is InChI=1S/C14H19IN2S/c1-12-3-9-4-13(2,6-12)8-14(5-9,7-12)10-16-17-11(15)18-10/h9H,3-8H2,1-2H3. The molecular formula is C14H19IN2S. The lowest BCUT2D eigenvalue weighted by molar-refractivity contribution is -0.110. The minimum atomic E-state index is 0.379. The molecule has 4 aliphatic rings. The number of halogens is 1. The molecule has 4 bridgehead atoms. The van der Waals surface area contributed by atoms with Gasteiger partial charge in [-0.3, -0.25) is 0 Å². The van der Waals surface area contributed by atoms with Crippen molar-refractivity contribution in [2.45, 2.75) is 57.8 Å². The van der Waals surface area contributed by atoms with Gasteiger partial charge in [-0.2, -0.15) is 0 Å². The van der Waals surface area contributed by atoms with Crippen LogP contribution in [0.2, 0.25) is 0 Å². The van der Waals surface area contributed by atoms with E-state index in [1.54, 1.807) is 0 Å². The van der Waals surface area contributed by atoms with E-state index in [0.717, 1.165) is 8.93 Å². The maximum atomic E-state index is 4.53. The van der Waals surface area contributed by atoms with Gasteiger partial charge in [0, 0.05) is 5.41 Å². The molecule has 18 heavy (non-hydrogen) atoms. The van der Waals surface area contributed by atoms with Gasteiger partial charge in [0.1, 0.15) is 5.01 Å². The van der Waals surface area contributed by atoms with Crippen LogP contribution >= 0.6 is 33.9 Å². The monoisotopic (exact) mass is 374 g/mol. The van der Waals surface area contributed by atoms with Gasteiger partial charge in [-0.15, -0.1) is 10.2 Å². The second kappa shape index (κ2) is 3.48. The van der Waals surface area contributed by atoms with E-state index >= 15 is 0 Å². The molecule has 0 saturated heterocycles. The minimum absolute atomic E-state index is 0.379. The van der Waals surface area contributed by atoms with Gasteiger partial charge in [0.2, 0.25) is 0 Å². The van der Waals surface area contributed by atoms with E-state index in [0.29, 0.717) is 16.2 Å². The molecule has 98 valence electrons. The van der Waals surface area contributed by atoms with E-state index in [2.05, 4.69) is 46.6 Å². The Balaban J connectivity index is 1.82. The Morgan fingerprint density at radius 1 is 1.06 bits per heavy atom. The van der Waals surface area contributed by atoms with Crippen LogP contribution in [0, 0.1) is 19.8 Å². The highest BCUT2D eigenvalue weighted by atomic mass is 127. The topological polar surface area (TPSA) is 25.8 Å². The third kappa shape index (κ3) is 1.63. The summed E-state index contributed by atoms with van der Waals surface area (Å²) < 4.78 is 1.11. The molecule has 1 aromatic heterocycles. The summed E-state index contributed by atoms with van der Waals surface area (Å²) in [4.78, 5) is 0. The smallest absolute Gasteiger partial charge is 0.142 e. The first kappa shape index (κ1) is 12.1. The molecule has 2 nitrogen and oxygen atoms in total. The molecule has 0 radical (unpaired) electrons. The number of hydrogen-bond acceptors (Lipinski definition) is 3. The average Bonchev–Trinajstić information content (AvgIpc) is 2.59. The van der Waals surface area contributed by atoms with Crippen molar-refractivity contribution in [1.29, 1.82) is 0 Å². The summed E-state index contributed by atoms with van der Waals surface area (Å²) in [6, 6.07) is 0. The Morgan fingerprint density at radius 2 is 1.72 bits per heavy atom. The molecule has 4 aliphatic carbocycles. The fourth-order valence-electron chi connectivity index (χ4n) is 6.11. The number of aromatic nitrogens is 2. The van der Waals surface area contributed by atoms with E-state index in [4.69, 9.17) is 0 Å². The van der Waals surface area contributed by atoms with Gasteiger partial charge in [-0.1, -0.05) is 25.2 Å². The second-order valence-electron chi connectivity index (χ2n) is 7.77. The highest BCUT2D eigenvalue weighted by Crippen LogP contribution is 2.69. The van der Waals surface area contributed by atoms with E-state index in [-0.39, 0.29) is 0 Å². The highest BCUT2D eigenvalue weighted by Gasteiger charge is 2.61. The highest BCUT2D eigenvalue weighted by molar-refractivity contribution is 14.1. The molecule has 0 aliphatic heterocycles. The molecule has 2 unspecified atom stereocenters. The van der Waals surface area contributed by atoms with Crippen molar-refractivity contribution in [3.63, 3.8) is 0 Å². The van der Waals surface area contributed by atoms with Crippen LogP contribution in [0.1, 0.15) is 57.4 Å². The third-order valence-corrected chi connectivity index (χ3v) is 7.31. The lowest BCUT2D eigenvalue weighted by Crippen LogP contribution is -2.56. The van der Waals surface area contributed by atoms with Gasteiger partial charge >= 0.3 is 0 Å². The van der Waals surface area contributed by atoms with E-state index < -0.39 is 0 Å². The molecule has 1 aromatic rings. The first-order valence-electron chi connectivity index (χ1n) is 6.90. The van der Waals surface area contributed by atoms with Crippen LogP contribution < -0.4 is 0 Å². The lowest BCUT2D eigenvalue weighted by Gasteiger charge is -2.64. The molecule has 0 N–H and O–H groups in total. The van der Waals surface area contributed by atoms with E-state index in [1.807, 2.05) is 11.3 Å². The summed E-state index contributed by atoms with van der Waals surface area (Å²) in [5.74, 6) is 0.942. The molecule has 0 aromatic carbocycles. The van der Waals surface area contributed by atoms with Gasteiger partial charge < -0.3 is 0 Å². The van der Waals surface area contributed by atoms with Crippen molar-refractivity contribution >= 4 is 33.9 Å². The number of hydrogen-bond donors (Lipinski definition) is 0. The normalized spacial score (nSPS) is 49.8. The maximum absolute atomic E-state index is 4.53. The first-order chi connectivity index (χ1) is 8.41. The van der Waals surface area contributed by atoms with Crippen LogP contribution in [0.4, 0.5) is 0 Å². The summed E-state index contributed by atoms with van der Waals surface area (Å²) >= 11 is 4.15. The maximum Gasteiger partial charge on any atom is 0.178 e. The summed E-state index contributed by atoms with van der Waals surface area (Å²) in [6.07, 6.45) is 8.45. The summed E-state index contributed by atoms with van der Waals surface area (Å²) in [5.41, 5.74) is 1.53. The van der Waals surface area contributed by atoms with Gasteiger partial charge in [-0.25, -0.2) is 0 Å². The predicted octanol–water partition coefficient (Wildman–Crippen LogP) is 4.39. The lowest BCUT2D eigenvalue weighted by atomic mass is 9.40. The predicted molar refractivity (Wildman–Crippen MR) is 81.7 cm³/mol. The largest absolute Gasteiger partial charge is 0.178 e. The summed E-state index contributed by atoms with van der Waals surface area (Å²) in [7, 11) is 0. The summed E-state index contributed by atoms with van der Waals surface area (Å²) in [5, 5.41) is 10.1. The van der Waals surface area contributed by atoms with E-state index in [1.165, 1.54) is 43.5 Å². The second-order valence-corrected chi connectivity index (χ2v) is 10.5. The van der Waals surface area contributed by atoms with Gasteiger partial charge in [0.25, 0.3) is 0 Å². The molecule has 0 amide bonds. The molecule has 0 spiro atoms. The zero-order valence-corrected chi connectivity index (χ0v) is 14.0. The van der Waals surface area contributed by atoms with Crippen LogP contribution in [0.15, 0.2) is 0 Å². The van der Waals surface area contributed by atoms with Crippen molar-refractivity contribution in [3.05, 3.63) is 8.02 Å².